The van der Waals surface area contributed by atoms with Gasteiger partial charge in [-0.3, -0.25) is 0 Å². The van der Waals surface area contributed by atoms with Crippen LogP contribution in [0.25, 0.3) is 11.1 Å². The Morgan fingerprint density at radius 1 is 0.526 bits per heavy atom. The fourth-order valence-electron chi connectivity index (χ4n) is 5.12. The molecule has 5 aromatic rings. The average Bonchev–Trinajstić information content (AvgIpc) is 2.95. The molecule has 5 aromatic carbocycles. The van der Waals surface area contributed by atoms with Gasteiger partial charge < -0.3 is 14.5 Å². The van der Waals surface area contributed by atoms with Crippen molar-refractivity contribution in [3.63, 3.8) is 0 Å². The van der Waals surface area contributed by atoms with E-state index in [2.05, 4.69) is 52.3 Å². The van der Waals surface area contributed by atoms with Crippen molar-refractivity contribution in [1.82, 2.24) is 0 Å². The highest BCUT2D eigenvalue weighted by atomic mass is 19.1. The summed E-state index contributed by atoms with van der Waals surface area (Å²) in [4.78, 5) is 4.59. The van der Waals surface area contributed by atoms with E-state index in [0.717, 1.165) is 33.9 Å². The summed E-state index contributed by atoms with van der Waals surface area (Å²) < 4.78 is 34.1. The van der Waals surface area contributed by atoms with Gasteiger partial charge in [0.1, 0.15) is 0 Å². The van der Waals surface area contributed by atoms with Gasteiger partial charge in [-0.2, -0.15) is 0 Å². The van der Waals surface area contributed by atoms with Crippen molar-refractivity contribution in [1.29, 1.82) is 0 Å². The van der Waals surface area contributed by atoms with Gasteiger partial charge in [-0.25, -0.2) is 8.78 Å². The van der Waals surface area contributed by atoms with Crippen molar-refractivity contribution < 1.29 is 13.5 Å². The van der Waals surface area contributed by atoms with Gasteiger partial charge in [0.25, 0.3) is 0 Å². The quantitative estimate of drug-likeness (QED) is 0.230. The summed E-state index contributed by atoms with van der Waals surface area (Å²) in [7, 11) is 1.26. The molecule has 0 fully saturated rings. The van der Waals surface area contributed by atoms with Crippen LogP contribution in [-0.2, 0) is 13.1 Å². The first kappa shape index (κ1) is 23.7. The Hall–Kier alpha value is -4.64. The third-order valence-electron chi connectivity index (χ3n) is 6.92. The lowest BCUT2D eigenvalue weighted by Gasteiger charge is -2.40. The molecule has 3 nitrogen and oxygen atoms in total. The largest absolute Gasteiger partial charge is 0.491 e. The summed E-state index contributed by atoms with van der Waals surface area (Å²) in [5.74, 6) is -1.82. The first-order valence-electron chi connectivity index (χ1n) is 12.5. The zero-order valence-corrected chi connectivity index (χ0v) is 20.9. The fraction of sp³-hybridized carbons (Fsp3) is 0.0909. The van der Waals surface area contributed by atoms with Crippen LogP contribution < -0.4 is 14.5 Å². The van der Waals surface area contributed by atoms with Crippen molar-refractivity contribution in [2.24, 2.45) is 0 Å². The minimum atomic E-state index is -0.725. The highest BCUT2D eigenvalue weighted by Gasteiger charge is 2.29. The number of hydrogen-bond acceptors (Lipinski definition) is 3. The molecule has 1 aliphatic rings. The van der Waals surface area contributed by atoms with E-state index in [0.29, 0.717) is 18.7 Å². The number of hydrogen-bond donors (Lipinski definition) is 0. The normalized spacial score (nSPS) is 12.2. The van der Waals surface area contributed by atoms with E-state index in [9.17, 15) is 8.78 Å². The Morgan fingerprint density at radius 2 is 1.00 bits per heavy atom. The van der Waals surface area contributed by atoms with E-state index in [1.54, 1.807) is 0 Å². The van der Waals surface area contributed by atoms with E-state index in [4.69, 9.17) is 4.74 Å². The van der Waals surface area contributed by atoms with Gasteiger partial charge in [0.2, 0.25) is 0 Å². The summed E-state index contributed by atoms with van der Waals surface area (Å²) in [5, 5.41) is 0. The number of halogens is 2. The molecule has 38 heavy (non-hydrogen) atoms. The first-order valence-corrected chi connectivity index (χ1v) is 12.5. The summed E-state index contributed by atoms with van der Waals surface area (Å²) in [6.07, 6.45) is 0. The highest BCUT2D eigenvalue weighted by molar-refractivity contribution is 5.95. The van der Waals surface area contributed by atoms with Crippen molar-refractivity contribution in [2.45, 2.75) is 13.1 Å². The van der Waals surface area contributed by atoms with Crippen LogP contribution in [0.4, 0.5) is 31.5 Å². The molecule has 188 valence electrons. The maximum atomic E-state index is 14.6. The predicted octanol–water partition coefficient (Wildman–Crippen LogP) is 8.63. The zero-order valence-electron chi connectivity index (χ0n) is 20.9. The van der Waals surface area contributed by atoms with Crippen LogP contribution in [0.15, 0.2) is 115 Å². The maximum Gasteiger partial charge on any atom is 0.190 e. The van der Waals surface area contributed by atoms with Crippen LogP contribution in [0, 0.1) is 11.6 Å². The number of nitrogens with zero attached hydrogens (tertiary/aromatic N) is 2. The summed E-state index contributed by atoms with van der Waals surface area (Å²) in [5.41, 5.74) is 7.71. The summed E-state index contributed by atoms with van der Waals surface area (Å²) in [6.45, 7) is 1.34. The number of ether oxygens (including phenoxy) is 1. The van der Waals surface area contributed by atoms with Gasteiger partial charge in [0.05, 0.1) is 29.9 Å². The lowest BCUT2D eigenvalue weighted by molar-refractivity contribution is 0.360. The Kier molecular flexibility index (Phi) is 6.26. The molecule has 0 atom stereocenters. The van der Waals surface area contributed by atoms with Gasteiger partial charge in [-0.15, -0.1) is 0 Å². The second-order valence-electron chi connectivity index (χ2n) is 9.31. The molecule has 0 saturated heterocycles. The van der Waals surface area contributed by atoms with Crippen LogP contribution in [0.2, 0.25) is 0 Å². The molecule has 1 aliphatic heterocycles. The van der Waals surface area contributed by atoms with E-state index < -0.39 is 11.6 Å². The van der Waals surface area contributed by atoms with Gasteiger partial charge in [-0.05, 0) is 58.7 Å². The van der Waals surface area contributed by atoms with Gasteiger partial charge in [0, 0.05) is 13.1 Å². The molecule has 0 bridgehead atoms. The Balaban J connectivity index is 1.52. The smallest absolute Gasteiger partial charge is 0.190 e. The van der Waals surface area contributed by atoms with Gasteiger partial charge in [-0.1, -0.05) is 78.9 Å². The van der Waals surface area contributed by atoms with Crippen LogP contribution >= 0.6 is 0 Å². The molecule has 0 unspecified atom stereocenters. The minimum Gasteiger partial charge on any atom is -0.491 e. The van der Waals surface area contributed by atoms with Gasteiger partial charge >= 0.3 is 0 Å². The Labute approximate surface area is 221 Å². The maximum absolute atomic E-state index is 14.6. The molecule has 6 rings (SSSR count). The number of para-hydroxylation sites is 2. The molecule has 0 radical (unpaired) electrons. The second-order valence-corrected chi connectivity index (χ2v) is 9.31. The number of anilines is 4. The highest BCUT2D eigenvalue weighted by Crippen LogP contribution is 2.50. The summed E-state index contributed by atoms with van der Waals surface area (Å²) in [6, 6.07) is 37.6. The van der Waals surface area contributed by atoms with E-state index in [-0.39, 0.29) is 5.75 Å². The van der Waals surface area contributed by atoms with Crippen LogP contribution in [0.5, 0.6) is 5.75 Å². The number of rotatable bonds is 6. The molecule has 5 heteroatoms. The average molecular weight is 505 g/mol. The Morgan fingerprint density at radius 3 is 1.53 bits per heavy atom. The lowest BCUT2D eigenvalue weighted by Crippen LogP contribution is -2.29. The van der Waals surface area contributed by atoms with E-state index in [1.165, 1.54) is 24.8 Å². The lowest BCUT2D eigenvalue weighted by atomic mass is 9.99. The van der Waals surface area contributed by atoms with E-state index in [1.807, 2.05) is 60.7 Å². The Bertz CT molecular complexity index is 1570. The third-order valence-corrected chi connectivity index (χ3v) is 6.92. The monoisotopic (exact) mass is 504 g/mol. The van der Waals surface area contributed by atoms with Crippen molar-refractivity contribution in [3.05, 3.63) is 138 Å². The van der Waals surface area contributed by atoms with Gasteiger partial charge in [0.15, 0.2) is 17.4 Å². The molecule has 0 spiro atoms. The second kappa shape index (κ2) is 10.0. The molecule has 0 aliphatic carbocycles. The van der Waals surface area contributed by atoms with Crippen LogP contribution in [0.3, 0.4) is 0 Å². The van der Waals surface area contributed by atoms with Crippen molar-refractivity contribution in [3.8, 4) is 16.9 Å². The molecule has 0 aromatic heterocycles. The molecule has 0 saturated carbocycles. The molecular weight excluding hydrogens is 478 g/mol. The topological polar surface area (TPSA) is 15.7 Å². The van der Waals surface area contributed by atoms with E-state index >= 15 is 0 Å². The fourth-order valence-corrected chi connectivity index (χ4v) is 5.12. The minimum absolute atomic E-state index is 0.375. The molecule has 0 N–H and O–H groups in total. The summed E-state index contributed by atoms with van der Waals surface area (Å²) >= 11 is 0. The number of methoxy groups -OCH3 is 1. The SMILES string of the molecule is COc1c(F)cc(-c2ccc3c(c2)N(Cc2ccccc2)c2ccccc2N3Cc2ccccc2)cc1F. The predicted molar refractivity (Wildman–Crippen MR) is 149 cm³/mol. The van der Waals surface area contributed by atoms with Crippen LogP contribution in [-0.4, -0.2) is 7.11 Å². The molecule has 1 heterocycles. The van der Waals surface area contributed by atoms with Crippen molar-refractivity contribution in [2.75, 3.05) is 16.9 Å². The zero-order chi connectivity index (χ0) is 26.1. The molecule has 0 amide bonds. The molecular formula is C33H26F2N2O. The van der Waals surface area contributed by atoms with Crippen LogP contribution in [0.1, 0.15) is 11.1 Å². The third kappa shape index (κ3) is 4.37. The standard InChI is InChI=1S/C33H26F2N2O/c1-38-33-27(34)18-26(19-28(33)35)25-16-17-31-32(20-25)37(22-24-12-6-3-7-13-24)30-15-9-8-14-29(30)36(31)21-23-10-4-2-5-11-23/h2-20H,21-22H2,1H3. The first-order chi connectivity index (χ1) is 18.6. The number of fused-ring (bicyclic) bond motifs is 2. The van der Waals surface area contributed by atoms with Crippen molar-refractivity contribution >= 4 is 22.7 Å². The number of benzene rings is 5.